The van der Waals surface area contributed by atoms with Gasteiger partial charge in [-0.25, -0.2) is 9.98 Å². The lowest BCUT2D eigenvalue weighted by atomic mass is 9.87. The van der Waals surface area contributed by atoms with Crippen molar-refractivity contribution in [1.82, 2.24) is 9.97 Å². The zero-order valence-corrected chi connectivity index (χ0v) is 20.0. The van der Waals surface area contributed by atoms with Crippen molar-refractivity contribution in [2.45, 2.75) is 20.3 Å². The zero-order valence-electron chi connectivity index (χ0n) is 19.2. The third-order valence-corrected chi connectivity index (χ3v) is 6.05. The molecule has 0 bridgehead atoms. The van der Waals surface area contributed by atoms with E-state index in [-0.39, 0.29) is 5.41 Å². The Morgan fingerprint density at radius 3 is 2.58 bits per heavy atom. The summed E-state index contributed by atoms with van der Waals surface area (Å²) in [5.74, 6) is 0.542. The van der Waals surface area contributed by atoms with Crippen LogP contribution in [0.5, 0.6) is 0 Å². The van der Waals surface area contributed by atoms with Gasteiger partial charge < -0.3 is 15.0 Å². The van der Waals surface area contributed by atoms with Gasteiger partial charge in [-0.15, -0.1) is 0 Å². The molecule has 4 rings (SSSR count). The number of hydrogen-bond acceptors (Lipinski definition) is 6. The summed E-state index contributed by atoms with van der Waals surface area (Å²) in [5.41, 5.74) is 4.65. The molecule has 1 saturated heterocycles. The van der Waals surface area contributed by atoms with Gasteiger partial charge in [0.1, 0.15) is 0 Å². The quantitative estimate of drug-likeness (QED) is 0.437. The fraction of sp³-hybridized carbons (Fsp3) is 0.346. The number of aliphatic imine (C=N–C) groups is 1. The maximum absolute atomic E-state index is 6.66. The largest absolute Gasteiger partial charge is 0.381 e. The van der Waals surface area contributed by atoms with Crippen molar-refractivity contribution in [2.24, 2.45) is 10.4 Å². The van der Waals surface area contributed by atoms with Crippen LogP contribution in [0, 0.1) is 5.41 Å². The van der Waals surface area contributed by atoms with Gasteiger partial charge in [-0.05, 0) is 48.9 Å². The average Bonchev–Trinajstić information content (AvgIpc) is 2.84. The van der Waals surface area contributed by atoms with Crippen molar-refractivity contribution < 1.29 is 4.74 Å². The van der Waals surface area contributed by atoms with Crippen LogP contribution in [0.25, 0.3) is 11.3 Å². The molecule has 3 aromatic rings. The summed E-state index contributed by atoms with van der Waals surface area (Å²) in [6.07, 6.45) is 2.68. The van der Waals surface area contributed by atoms with E-state index in [1.54, 1.807) is 0 Å². The number of nitrogens with one attached hydrogen (secondary N) is 1. The molecule has 0 saturated carbocycles. The predicted octanol–water partition coefficient (Wildman–Crippen LogP) is 5.65. The third kappa shape index (κ3) is 5.89. The molecule has 0 aliphatic carbocycles. The van der Waals surface area contributed by atoms with Crippen LogP contribution in [-0.2, 0) is 11.2 Å². The minimum Gasteiger partial charge on any atom is -0.381 e. The maximum atomic E-state index is 6.66. The van der Waals surface area contributed by atoms with Crippen molar-refractivity contribution in [3.05, 3.63) is 65.4 Å². The van der Waals surface area contributed by atoms with Gasteiger partial charge in [0.05, 0.1) is 29.6 Å². The second-order valence-corrected chi connectivity index (χ2v) is 9.42. The molecule has 1 fully saturated rings. The van der Waals surface area contributed by atoms with Crippen LogP contribution in [0.3, 0.4) is 0 Å². The van der Waals surface area contributed by atoms with Gasteiger partial charge in [-0.1, -0.05) is 43.6 Å². The molecule has 2 aromatic heterocycles. The van der Waals surface area contributed by atoms with E-state index in [1.165, 1.54) is 5.69 Å². The molecule has 1 N–H and O–H groups in total. The van der Waals surface area contributed by atoms with E-state index in [2.05, 4.69) is 71.1 Å². The van der Waals surface area contributed by atoms with Crippen LogP contribution in [-0.4, -0.2) is 49.5 Å². The minimum atomic E-state index is -0.0206. The number of aromatic nitrogens is 2. The van der Waals surface area contributed by atoms with E-state index in [4.69, 9.17) is 21.3 Å². The van der Waals surface area contributed by atoms with Crippen molar-refractivity contribution >= 4 is 35.5 Å². The lowest BCUT2D eigenvalue weighted by molar-refractivity contribution is 0.122. The summed E-state index contributed by atoms with van der Waals surface area (Å²) in [4.78, 5) is 15.6. The van der Waals surface area contributed by atoms with E-state index >= 15 is 0 Å². The Morgan fingerprint density at radius 1 is 1.15 bits per heavy atom. The minimum absolute atomic E-state index is 0.0206. The Morgan fingerprint density at radius 2 is 1.91 bits per heavy atom. The number of rotatable bonds is 8. The van der Waals surface area contributed by atoms with Crippen LogP contribution in [0.2, 0.25) is 5.02 Å². The lowest BCUT2D eigenvalue weighted by Crippen LogP contribution is -2.36. The highest BCUT2D eigenvalue weighted by atomic mass is 35.5. The van der Waals surface area contributed by atoms with E-state index in [1.807, 2.05) is 24.4 Å². The molecule has 7 heteroatoms. The Hall–Kier alpha value is -2.96. The summed E-state index contributed by atoms with van der Waals surface area (Å²) in [6, 6.07) is 16.2. The standard InChI is InChI=1S/C26H30ClN5O/c1-26(2,17-20-6-4-5-11-29-20)18-30-23-16-22(27)24(31-25(23)28-3)19-7-9-21(10-8-19)32-12-14-33-15-13-32/h4-11,16,30H,3,12-15,17-18H2,1-2H3. The highest BCUT2D eigenvalue weighted by molar-refractivity contribution is 6.33. The molecule has 33 heavy (non-hydrogen) atoms. The second kappa shape index (κ2) is 10.3. The van der Waals surface area contributed by atoms with Gasteiger partial charge >= 0.3 is 0 Å². The summed E-state index contributed by atoms with van der Waals surface area (Å²) in [6.45, 7) is 12.2. The summed E-state index contributed by atoms with van der Waals surface area (Å²) >= 11 is 6.66. The van der Waals surface area contributed by atoms with Crippen molar-refractivity contribution in [3.8, 4) is 11.3 Å². The molecule has 3 heterocycles. The summed E-state index contributed by atoms with van der Waals surface area (Å²) < 4.78 is 5.44. The number of anilines is 2. The summed E-state index contributed by atoms with van der Waals surface area (Å²) in [7, 11) is 0. The van der Waals surface area contributed by atoms with Crippen LogP contribution in [0.4, 0.5) is 17.2 Å². The number of hydrogen-bond donors (Lipinski definition) is 1. The van der Waals surface area contributed by atoms with Crippen LogP contribution in [0.1, 0.15) is 19.5 Å². The van der Waals surface area contributed by atoms with Crippen molar-refractivity contribution in [3.63, 3.8) is 0 Å². The topological polar surface area (TPSA) is 62.6 Å². The monoisotopic (exact) mass is 463 g/mol. The molecule has 0 atom stereocenters. The molecular formula is C26H30ClN5O. The Balaban J connectivity index is 1.49. The number of ether oxygens (including phenoxy) is 1. The highest BCUT2D eigenvalue weighted by Crippen LogP contribution is 2.35. The second-order valence-electron chi connectivity index (χ2n) is 9.01. The van der Waals surface area contributed by atoms with Gasteiger partial charge in [0, 0.05) is 42.8 Å². The summed E-state index contributed by atoms with van der Waals surface area (Å²) in [5, 5.41) is 4.04. The van der Waals surface area contributed by atoms with E-state index in [9.17, 15) is 0 Å². The average molecular weight is 464 g/mol. The van der Waals surface area contributed by atoms with Crippen LogP contribution >= 0.6 is 11.6 Å². The van der Waals surface area contributed by atoms with Gasteiger partial charge in [-0.3, -0.25) is 4.98 Å². The van der Waals surface area contributed by atoms with E-state index in [0.717, 1.165) is 56.2 Å². The SMILES string of the molecule is C=Nc1nc(-c2ccc(N3CCOCC3)cc2)c(Cl)cc1NCC(C)(C)Cc1ccccn1. The number of morpholine rings is 1. The zero-order chi connectivity index (χ0) is 23.3. The van der Waals surface area contributed by atoms with Gasteiger partial charge in [0.15, 0.2) is 5.82 Å². The van der Waals surface area contributed by atoms with E-state index < -0.39 is 0 Å². The normalized spacial score (nSPS) is 14.2. The molecule has 172 valence electrons. The predicted molar refractivity (Wildman–Crippen MR) is 137 cm³/mol. The van der Waals surface area contributed by atoms with Gasteiger partial charge in [-0.2, -0.15) is 0 Å². The first-order valence-electron chi connectivity index (χ1n) is 11.2. The molecule has 1 aromatic carbocycles. The van der Waals surface area contributed by atoms with Crippen molar-refractivity contribution in [2.75, 3.05) is 43.1 Å². The lowest BCUT2D eigenvalue weighted by Gasteiger charge is -2.29. The molecular weight excluding hydrogens is 434 g/mol. The molecule has 1 aliphatic rings. The van der Waals surface area contributed by atoms with Gasteiger partial charge in [0.2, 0.25) is 0 Å². The maximum Gasteiger partial charge on any atom is 0.175 e. The fourth-order valence-corrected chi connectivity index (χ4v) is 4.23. The van der Waals surface area contributed by atoms with E-state index in [0.29, 0.717) is 16.5 Å². The fourth-order valence-electron chi connectivity index (χ4n) is 3.97. The Kier molecular flexibility index (Phi) is 7.26. The third-order valence-electron chi connectivity index (χ3n) is 5.77. The Labute approximate surface area is 200 Å². The molecule has 0 unspecified atom stereocenters. The number of nitrogens with zero attached hydrogens (tertiary/aromatic N) is 4. The molecule has 0 radical (unpaired) electrons. The number of pyridine rings is 2. The molecule has 6 nitrogen and oxygen atoms in total. The van der Waals surface area contributed by atoms with Crippen molar-refractivity contribution in [1.29, 1.82) is 0 Å². The smallest absolute Gasteiger partial charge is 0.175 e. The van der Waals surface area contributed by atoms with Crippen LogP contribution in [0.15, 0.2) is 59.7 Å². The first-order valence-corrected chi connectivity index (χ1v) is 11.6. The number of halogens is 1. The van der Waals surface area contributed by atoms with Gasteiger partial charge in [0.25, 0.3) is 0 Å². The number of benzene rings is 1. The molecule has 0 amide bonds. The Bertz CT molecular complexity index is 1080. The highest BCUT2D eigenvalue weighted by Gasteiger charge is 2.21. The molecule has 0 spiro atoms. The first kappa shape index (κ1) is 23.2. The van der Waals surface area contributed by atoms with Crippen LogP contribution < -0.4 is 10.2 Å². The first-order chi connectivity index (χ1) is 15.9. The molecule has 1 aliphatic heterocycles.